The molecule has 0 aliphatic rings. The van der Waals surface area contributed by atoms with Crippen LogP contribution in [0.25, 0.3) is 4.96 Å². The first-order valence-electron chi connectivity index (χ1n) is 13.3. The standard InChI is InChI=1S/C29H44N2S/c1-3-5-7-9-10-12-14-16-27-23-31-24-28(32-29(31)30-27)22-21-26-19-17-25(18-20-26)15-13-11-8-6-4-2/h17-20,23-24H,3-16,21-22H2,1-2H3. The molecule has 2 heterocycles. The van der Waals surface area contributed by atoms with E-state index < -0.39 is 0 Å². The molecule has 0 bridgehead atoms. The summed E-state index contributed by atoms with van der Waals surface area (Å²) in [6, 6.07) is 9.35. The van der Waals surface area contributed by atoms with Gasteiger partial charge in [0.1, 0.15) is 0 Å². The normalized spacial score (nSPS) is 11.6. The lowest BCUT2D eigenvalue weighted by atomic mass is 10.0. The van der Waals surface area contributed by atoms with Crippen molar-refractivity contribution in [3.05, 3.63) is 58.4 Å². The molecule has 1 aromatic carbocycles. The molecule has 2 aromatic heterocycles. The van der Waals surface area contributed by atoms with E-state index in [2.05, 4.69) is 54.9 Å². The molecule has 3 aromatic rings. The van der Waals surface area contributed by atoms with Gasteiger partial charge in [-0.3, -0.25) is 4.40 Å². The molecule has 0 N–H and O–H groups in total. The van der Waals surface area contributed by atoms with Crippen LogP contribution in [0.15, 0.2) is 36.7 Å². The van der Waals surface area contributed by atoms with Crippen molar-refractivity contribution in [1.29, 1.82) is 0 Å². The van der Waals surface area contributed by atoms with Crippen molar-refractivity contribution in [1.82, 2.24) is 9.38 Å². The zero-order valence-electron chi connectivity index (χ0n) is 20.6. The molecule has 0 saturated heterocycles. The van der Waals surface area contributed by atoms with E-state index in [0.717, 1.165) is 24.2 Å². The van der Waals surface area contributed by atoms with E-state index in [4.69, 9.17) is 4.98 Å². The third-order valence-corrected chi connectivity index (χ3v) is 7.60. The Bertz CT molecular complexity index is 843. The van der Waals surface area contributed by atoms with Crippen LogP contribution < -0.4 is 0 Å². The first-order chi connectivity index (χ1) is 15.8. The summed E-state index contributed by atoms with van der Waals surface area (Å²) >= 11 is 1.86. The fourth-order valence-corrected chi connectivity index (χ4v) is 5.44. The van der Waals surface area contributed by atoms with E-state index in [1.54, 1.807) is 0 Å². The topological polar surface area (TPSA) is 17.3 Å². The summed E-state index contributed by atoms with van der Waals surface area (Å²) in [5.74, 6) is 0. The van der Waals surface area contributed by atoms with Crippen LogP contribution in [0.2, 0.25) is 0 Å². The molecule has 0 amide bonds. The second-order valence-corrected chi connectivity index (χ2v) is 10.6. The molecule has 0 saturated carbocycles. The molecule has 0 aliphatic heterocycles. The van der Waals surface area contributed by atoms with E-state index >= 15 is 0 Å². The third kappa shape index (κ3) is 8.73. The fourth-order valence-electron chi connectivity index (χ4n) is 4.46. The van der Waals surface area contributed by atoms with E-state index in [-0.39, 0.29) is 0 Å². The smallest absolute Gasteiger partial charge is 0.194 e. The van der Waals surface area contributed by atoms with Gasteiger partial charge in [0.05, 0.1) is 5.69 Å². The highest BCUT2D eigenvalue weighted by molar-refractivity contribution is 7.17. The SMILES string of the molecule is CCCCCCCCCc1cn2cc(CCc3ccc(CCCCCCC)cc3)sc2n1. The minimum absolute atomic E-state index is 1.11. The predicted octanol–water partition coefficient (Wildman–Crippen LogP) is 8.99. The van der Waals surface area contributed by atoms with Gasteiger partial charge < -0.3 is 0 Å². The number of nitrogens with zero attached hydrogens (tertiary/aromatic N) is 2. The summed E-state index contributed by atoms with van der Waals surface area (Å²) in [6.07, 6.45) is 25.5. The molecule has 3 rings (SSSR count). The molecule has 2 nitrogen and oxygen atoms in total. The van der Waals surface area contributed by atoms with Crippen molar-refractivity contribution in [2.24, 2.45) is 0 Å². The Morgan fingerprint density at radius 2 is 1.19 bits per heavy atom. The van der Waals surface area contributed by atoms with Gasteiger partial charge in [0.2, 0.25) is 0 Å². The highest BCUT2D eigenvalue weighted by Gasteiger charge is 2.07. The number of fused-ring (bicyclic) bond motifs is 1. The summed E-state index contributed by atoms with van der Waals surface area (Å²) in [7, 11) is 0. The minimum Gasteiger partial charge on any atom is -0.297 e. The first-order valence-corrected chi connectivity index (χ1v) is 14.1. The lowest BCUT2D eigenvalue weighted by Gasteiger charge is -2.04. The average molecular weight is 453 g/mol. The number of aryl methyl sites for hydroxylation is 4. The van der Waals surface area contributed by atoms with Crippen LogP contribution >= 0.6 is 11.3 Å². The van der Waals surface area contributed by atoms with Crippen LogP contribution in [-0.2, 0) is 25.7 Å². The maximum Gasteiger partial charge on any atom is 0.194 e. The summed E-state index contributed by atoms with van der Waals surface area (Å²) in [6.45, 7) is 4.56. The lowest BCUT2D eigenvalue weighted by molar-refractivity contribution is 0.588. The number of benzene rings is 1. The number of rotatable bonds is 17. The summed E-state index contributed by atoms with van der Waals surface area (Å²) in [4.78, 5) is 7.48. The highest BCUT2D eigenvalue weighted by Crippen LogP contribution is 2.21. The van der Waals surface area contributed by atoms with Gasteiger partial charge in [0.15, 0.2) is 4.96 Å². The Balaban J connectivity index is 1.36. The average Bonchev–Trinajstić information content (AvgIpc) is 3.36. The first kappa shape index (κ1) is 25.0. The highest BCUT2D eigenvalue weighted by atomic mass is 32.1. The van der Waals surface area contributed by atoms with Crippen LogP contribution in [0.5, 0.6) is 0 Å². The summed E-state index contributed by atoms with van der Waals surface area (Å²) < 4.78 is 2.25. The molecule has 0 spiro atoms. The van der Waals surface area contributed by atoms with Crippen LogP contribution in [0.4, 0.5) is 0 Å². The number of hydrogen-bond donors (Lipinski definition) is 0. The quantitative estimate of drug-likeness (QED) is 0.187. The number of unbranched alkanes of at least 4 members (excludes halogenated alkanes) is 10. The molecule has 0 aliphatic carbocycles. The monoisotopic (exact) mass is 452 g/mol. The van der Waals surface area contributed by atoms with Gasteiger partial charge in [-0.15, -0.1) is 11.3 Å². The molecule has 0 unspecified atom stereocenters. The Morgan fingerprint density at radius 3 is 1.81 bits per heavy atom. The number of imidazole rings is 1. The van der Waals surface area contributed by atoms with E-state index in [1.165, 1.54) is 105 Å². The molecule has 0 fully saturated rings. The largest absolute Gasteiger partial charge is 0.297 e. The van der Waals surface area contributed by atoms with Gasteiger partial charge in [0.25, 0.3) is 0 Å². The second-order valence-electron chi connectivity index (χ2n) is 9.47. The maximum atomic E-state index is 4.88. The van der Waals surface area contributed by atoms with Gasteiger partial charge in [-0.05, 0) is 49.7 Å². The van der Waals surface area contributed by atoms with Gasteiger partial charge >= 0.3 is 0 Å². The second kappa shape index (κ2) is 14.5. The number of thiazole rings is 1. The van der Waals surface area contributed by atoms with Gasteiger partial charge in [0, 0.05) is 17.3 Å². The van der Waals surface area contributed by atoms with Crippen molar-refractivity contribution in [3.63, 3.8) is 0 Å². The van der Waals surface area contributed by atoms with Crippen molar-refractivity contribution in [2.75, 3.05) is 0 Å². The maximum absolute atomic E-state index is 4.88. The third-order valence-electron chi connectivity index (χ3n) is 6.54. The number of aromatic nitrogens is 2. The van der Waals surface area contributed by atoms with E-state index in [9.17, 15) is 0 Å². The Morgan fingerprint density at radius 1 is 0.625 bits per heavy atom. The zero-order chi connectivity index (χ0) is 22.4. The Labute approximate surface area is 200 Å². The molecule has 3 heteroatoms. The van der Waals surface area contributed by atoms with Crippen LogP contribution in [0, 0.1) is 0 Å². The Hall–Kier alpha value is -1.61. The van der Waals surface area contributed by atoms with Crippen molar-refractivity contribution in [2.45, 2.75) is 117 Å². The molecule has 0 radical (unpaired) electrons. The summed E-state index contributed by atoms with van der Waals surface area (Å²) in [5.41, 5.74) is 4.21. The predicted molar refractivity (Wildman–Crippen MR) is 141 cm³/mol. The van der Waals surface area contributed by atoms with Crippen LogP contribution in [-0.4, -0.2) is 9.38 Å². The zero-order valence-corrected chi connectivity index (χ0v) is 21.4. The van der Waals surface area contributed by atoms with E-state index in [0.29, 0.717) is 0 Å². The lowest BCUT2D eigenvalue weighted by Crippen LogP contribution is -1.91. The van der Waals surface area contributed by atoms with Gasteiger partial charge in [-0.2, -0.15) is 0 Å². The van der Waals surface area contributed by atoms with Crippen LogP contribution in [0.1, 0.15) is 113 Å². The van der Waals surface area contributed by atoms with E-state index in [1.807, 2.05) is 11.3 Å². The van der Waals surface area contributed by atoms with Gasteiger partial charge in [-0.25, -0.2) is 4.98 Å². The summed E-state index contributed by atoms with van der Waals surface area (Å²) in [5, 5.41) is 0. The van der Waals surface area contributed by atoms with Crippen molar-refractivity contribution < 1.29 is 0 Å². The van der Waals surface area contributed by atoms with Crippen molar-refractivity contribution in [3.8, 4) is 0 Å². The molecule has 32 heavy (non-hydrogen) atoms. The Kier molecular flexibility index (Phi) is 11.4. The number of hydrogen-bond acceptors (Lipinski definition) is 2. The molecular weight excluding hydrogens is 408 g/mol. The minimum atomic E-state index is 1.11. The molecular formula is C29H44N2S. The molecule has 0 atom stereocenters. The molecule has 176 valence electrons. The van der Waals surface area contributed by atoms with Gasteiger partial charge in [-0.1, -0.05) is 102 Å². The van der Waals surface area contributed by atoms with Crippen molar-refractivity contribution >= 4 is 16.3 Å². The fraction of sp³-hybridized carbons (Fsp3) is 0.621. The van der Waals surface area contributed by atoms with Crippen LogP contribution in [0.3, 0.4) is 0 Å².